The number of nitrogens with two attached hydrogens (primary N) is 1. The molecule has 0 spiro atoms. The fourth-order valence-electron chi connectivity index (χ4n) is 1.59. The van der Waals surface area contributed by atoms with E-state index in [1.807, 2.05) is 18.2 Å². The van der Waals surface area contributed by atoms with Crippen molar-refractivity contribution in [2.24, 2.45) is 0 Å². The molecule has 0 radical (unpaired) electrons. The van der Waals surface area contributed by atoms with Gasteiger partial charge in [0, 0.05) is 18.0 Å². The van der Waals surface area contributed by atoms with Gasteiger partial charge in [0.1, 0.15) is 0 Å². The quantitative estimate of drug-likeness (QED) is 0.830. The Balaban J connectivity index is 1.90. The van der Waals surface area contributed by atoms with Crippen LogP contribution in [-0.2, 0) is 13.1 Å². The van der Waals surface area contributed by atoms with Crippen LogP contribution >= 0.6 is 22.9 Å². The number of halogens is 1. The summed E-state index contributed by atoms with van der Waals surface area (Å²) in [7, 11) is 0. The number of thiophene rings is 1. The second kappa shape index (κ2) is 5.54. The SMILES string of the molecule is Cc1ccsc1CNCc1ccc(N)c(Cl)c1. The van der Waals surface area contributed by atoms with Gasteiger partial charge in [-0.1, -0.05) is 17.7 Å². The van der Waals surface area contributed by atoms with Crippen LogP contribution in [0.4, 0.5) is 5.69 Å². The van der Waals surface area contributed by atoms with Crippen molar-refractivity contribution >= 4 is 28.6 Å². The van der Waals surface area contributed by atoms with Crippen LogP contribution in [-0.4, -0.2) is 0 Å². The average Bonchev–Trinajstić information content (AvgIpc) is 2.70. The number of hydrogen-bond acceptors (Lipinski definition) is 3. The highest BCUT2D eigenvalue weighted by molar-refractivity contribution is 7.10. The Labute approximate surface area is 110 Å². The molecule has 2 nitrogen and oxygen atoms in total. The molecule has 0 fully saturated rings. The number of nitrogen functional groups attached to an aromatic ring is 1. The predicted molar refractivity (Wildman–Crippen MR) is 75.5 cm³/mol. The topological polar surface area (TPSA) is 38.0 Å². The summed E-state index contributed by atoms with van der Waals surface area (Å²) in [6, 6.07) is 7.89. The van der Waals surface area contributed by atoms with Crippen molar-refractivity contribution in [1.29, 1.82) is 0 Å². The second-order valence-corrected chi connectivity index (χ2v) is 5.39. The molecular formula is C13H15ClN2S. The molecule has 2 aromatic rings. The summed E-state index contributed by atoms with van der Waals surface area (Å²) in [6.07, 6.45) is 0. The largest absolute Gasteiger partial charge is 0.398 e. The van der Waals surface area contributed by atoms with Gasteiger partial charge in [-0.25, -0.2) is 0 Å². The second-order valence-electron chi connectivity index (χ2n) is 3.99. The molecule has 0 atom stereocenters. The molecule has 1 heterocycles. The van der Waals surface area contributed by atoms with E-state index < -0.39 is 0 Å². The molecule has 17 heavy (non-hydrogen) atoms. The zero-order chi connectivity index (χ0) is 12.3. The number of rotatable bonds is 4. The molecule has 2 rings (SSSR count). The molecule has 90 valence electrons. The van der Waals surface area contributed by atoms with Crippen LogP contribution in [0.3, 0.4) is 0 Å². The number of nitrogens with one attached hydrogen (secondary N) is 1. The lowest BCUT2D eigenvalue weighted by Crippen LogP contribution is -2.12. The molecule has 4 heteroatoms. The Morgan fingerprint density at radius 2 is 2.12 bits per heavy atom. The number of aryl methyl sites for hydroxylation is 1. The standard InChI is InChI=1S/C13H15ClN2S/c1-9-4-5-17-13(9)8-16-7-10-2-3-12(15)11(14)6-10/h2-6,16H,7-8,15H2,1H3. The fraction of sp³-hybridized carbons (Fsp3) is 0.231. The Bertz CT molecular complexity index is 508. The van der Waals surface area contributed by atoms with Crippen molar-refractivity contribution in [2.75, 3.05) is 5.73 Å². The van der Waals surface area contributed by atoms with E-state index >= 15 is 0 Å². The van der Waals surface area contributed by atoms with Gasteiger partial charge in [0.2, 0.25) is 0 Å². The zero-order valence-corrected chi connectivity index (χ0v) is 11.2. The van der Waals surface area contributed by atoms with Crippen molar-refractivity contribution < 1.29 is 0 Å². The first kappa shape index (κ1) is 12.4. The third-order valence-corrected chi connectivity index (χ3v) is 4.00. The Morgan fingerprint density at radius 3 is 2.76 bits per heavy atom. The molecule has 0 bridgehead atoms. The van der Waals surface area contributed by atoms with Gasteiger partial charge in [-0.3, -0.25) is 0 Å². The molecular weight excluding hydrogens is 252 g/mol. The van der Waals surface area contributed by atoms with Gasteiger partial charge in [0.15, 0.2) is 0 Å². The predicted octanol–water partition coefficient (Wildman–Crippen LogP) is 3.58. The first-order valence-corrected chi connectivity index (χ1v) is 6.70. The summed E-state index contributed by atoms with van der Waals surface area (Å²) >= 11 is 7.75. The summed E-state index contributed by atoms with van der Waals surface area (Å²) < 4.78 is 0. The molecule has 1 aromatic carbocycles. The summed E-state index contributed by atoms with van der Waals surface area (Å²) in [5, 5.41) is 6.14. The van der Waals surface area contributed by atoms with Crippen LogP contribution in [0.25, 0.3) is 0 Å². The van der Waals surface area contributed by atoms with Crippen molar-refractivity contribution in [3.8, 4) is 0 Å². The summed E-state index contributed by atoms with van der Waals surface area (Å²) in [5.74, 6) is 0. The van der Waals surface area contributed by atoms with E-state index in [0.717, 1.165) is 18.7 Å². The minimum Gasteiger partial charge on any atom is -0.398 e. The van der Waals surface area contributed by atoms with E-state index in [9.17, 15) is 0 Å². The van der Waals surface area contributed by atoms with Gasteiger partial charge in [-0.05, 0) is 41.6 Å². The van der Waals surface area contributed by atoms with Crippen molar-refractivity contribution in [3.63, 3.8) is 0 Å². The van der Waals surface area contributed by atoms with Gasteiger partial charge in [-0.15, -0.1) is 11.3 Å². The molecule has 0 aliphatic heterocycles. The highest BCUT2D eigenvalue weighted by atomic mass is 35.5. The van der Waals surface area contributed by atoms with E-state index in [4.69, 9.17) is 17.3 Å². The molecule has 0 aliphatic rings. The summed E-state index contributed by atoms with van der Waals surface area (Å²) in [4.78, 5) is 1.38. The average molecular weight is 267 g/mol. The summed E-state index contributed by atoms with van der Waals surface area (Å²) in [5.41, 5.74) is 8.79. The van der Waals surface area contributed by atoms with Crippen LogP contribution in [0, 0.1) is 6.92 Å². The third kappa shape index (κ3) is 3.22. The Hall–Kier alpha value is -1.03. The third-order valence-electron chi connectivity index (χ3n) is 2.65. The monoisotopic (exact) mass is 266 g/mol. The van der Waals surface area contributed by atoms with Crippen LogP contribution < -0.4 is 11.1 Å². The molecule has 3 N–H and O–H groups in total. The van der Waals surface area contributed by atoms with E-state index in [2.05, 4.69) is 23.7 Å². The zero-order valence-electron chi connectivity index (χ0n) is 9.66. The highest BCUT2D eigenvalue weighted by Gasteiger charge is 2.01. The van der Waals surface area contributed by atoms with E-state index in [-0.39, 0.29) is 0 Å². The van der Waals surface area contributed by atoms with Crippen LogP contribution in [0.1, 0.15) is 16.0 Å². The van der Waals surface area contributed by atoms with E-state index in [0.29, 0.717) is 10.7 Å². The van der Waals surface area contributed by atoms with Crippen molar-refractivity contribution in [2.45, 2.75) is 20.0 Å². The van der Waals surface area contributed by atoms with Crippen molar-refractivity contribution in [3.05, 3.63) is 50.7 Å². The smallest absolute Gasteiger partial charge is 0.0638 e. The molecule has 0 saturated heterocycles. The lowest BCUT2D eigenvalue weighted by molar-refractivity contribution is 0.699. The number of anilines is 1. The van der Waals surface area contributed by atoms with Gasteiger partial charge >= 0.3 is 0 Å². The minimum atomic E-state index is 0.622. The Morgan fingerprint density at radius 1 is 1.29 bits per heavy atom. The van der Waals surface area contributed by atoms with Gasteiger partial charge in [0.25, 0.3) is 0 Å². The van der Waals surface area contributed by atoms with Crippen LogP contribution in [0.15, 0.2) is 29.6 Å². The lowest BCUT2D eigenvalue weighted by Gasteiger charge is -2.06. The maximum atomic E-state index is 5.97. The lowest BCUT2D eigenvalue weighted by atomic mass is 10.2. The maximum absolute atomic E-state index is 5.97. The van der Waals surface area contributed by atoms with Crippen molar-refractivity contribution in [1.82, 2.24) is 5.32 Å². The van der Waals surface area contributed by atoms with Crippen LogP contribution in [0.2, 0.25) is 5.02 Å². The minimum absolute atomic E-state index is 0.622. The molecule has 1 aromatic heterocycles. The molecule has 0 saturated carbocycles. The van der Waals surface area contributed by atoms with Gasteiger partial charge in [-0.2, -0.15) is 0 Å². The van der Waals surface area contributed by atoms with E-state index in [1.54, 1.807) is 11.3 Å². The number of hydrogen-bond donors (Lipinski definition) is 2. The molecule has 0 aliphatic carbocycles. The summed E-state index contributed by atoms with van der Waals surface area (Å²) in [6.45, 7) is 3.83. The number of benzene rings is 1. The normalized spacial score (nSPS) is 10.7. The molecule has 0 amide bonds. The Kier molecular flexibility index (Phi) is 4.05. The van der Waals surface area contributed by atoms with Crippen LogP contribution in [0.5, 0.6) is 0 Å². The first-order valence-electron chi connectivity index (χ1n) is 5.44. The highest BCUT2D eigenvalue weighted by Crippen LogP contribution is 2.20. The fourth-order valence-corrected chi connectivity index (χ4v) is 2.67. The maximum Gasteiger partial charge on any atom is 0.0638 e. The van der Waals surface area contributed by atoms with E-state index in [1.165, 1.54) is 10.4 Å². The van der Waals surface area contributed by atoms with Gasteiger partial charge < -0.3 is 11.1 Å². The molecule has 0 unspecified atom stereocenters. The van der Waals surface area contributed by atoms with Gasteiger partial charge in [0.05, 0.1) is 10.7 Å². The first-order chi connectivity index (χ1) is 8.16.